The molecule has 1 amide bonds. The zero-order chi connectivity index (χ0) is 27.5. The van der Waals surface area contributed by atoms with Crippen LogP contribution in [-0.2, 0) is 16.9 Å². The van der Waals surface area contributed by atoms with Gasteiger partial charge in [-0.3, -0.25) is 14.5 Å². The summed E-state index contributed by atoms with van der Waals surface area (Å²) in [6.45, 7) is 6.82. The van der Waals surface area contributed by atoms with Crippen LogP contribution < -0.4 is 10.9 Å². The average molecular weight is 530 g/mol. The Hall–Kier alpha value is -3.26. The van der Waals surface area contributed by atoms with Crippen molar-refractivity contribution >= 4 is 5.91 Å². The molecule has 2 saturated heterocycles. The lowest BCUT2D eigenvalue weighted by molar-refractivity contribution is -0.0615. The first-order valence-corrected chi connectivity index (χ1v) is 14.0. The van der Waals surface area contributed by atoms with Gasteiger partial charge < -0.3 is 20.1 Å². The van der Waals surface area contributed by atoms with Gasteiger partial charge in [-0.25, -0.2) is 0 Å². The fourth-order valence-corrected chi connectivity index (χ4v) is 6.18. The minimum Gasteiger partial charge on any atom is -0.380 e. The number of pyridine rings is 1. The van der Waals surface area contributed by atoms with Gasteiger partial charge in [0.15, 0.2) is 0 Å². The molecule has 7 heteroatoms. The highest BCUT2D eigenvalue weighted by Gasteiger charge is 2.41. The Morgan fingerprint density at radius 3 is 2.18 bits per heavy atom. The summed E-state index contributed by atoms with van der Waals surface area (Å²) >= 11 is 0. The number of nitrogens with zero attached hydrogens (tertiary/aromatic N) is 1. The minimum absolute atomic E-state index is 0.00737. The van der Waals surface area contributed by atoms with E-state index in [-0.39, 0.29) is 34.6 Å². The first kappa shape index (κ1) is 27.3. The quantitative estimate of drug-likeness (QED) is 0.426. The van der Waals surface area contributed by atoms with E-state index in [0.29, 0.717) is 19.6 Å². The van der Waals surface area contributed by atoms with Crippen molar-refractivity contribution in [1.82, 2.24) is 15.2 Å². The molecular formula is C32H39N3O4. The fourth-order valence-electron chi connectivity index (χ4n) is 6.18. The van der Waals surface area contributed by atoms with Crippen LogP contribution in [0, 0.1) is 5.92 Å². The van der Waals surface area contributed by atoms with Crippen LogP contribution in [0.1, 0.15) is 66.7 Å². The number of rotatable bonds is 7. The van der Waals surface area contributed by atoms with Gasteiger partial charge in [-0.2, -0.15) is 0 Å². The zero-order valence-corrected chi connectivity index (χ0v) is 22.9. The maximum absolute atomic E-state index is 12.8. The predicted octanol–water partition coefficient (Wildman–Crippen LogP) is 4.21. The number of carbonyl (C=O) groups is 1. The number of carbonyl (C=O) groups excluding carboxylic acids is 1. The van der Waals surface area contributed by atoms with E-state index in [1.807, 2.05) is 80.6 Å². The molecule has 2 fully saturated rings. The molecule has 0 unspecified atom stereocenters. The summed E-state index contributed by atoms with van der Waals surface area (Å²) < 4.78 is 5.73. The molecule has 0 spiro atoms. The molecule has 5 rings (SSSR count). The number of amides is 1. The molecule has 1 aromatic heterocycles. The summed E-state index contributed by atoms with van der Waals surface area (Å²) in [5.74, 6) is -0.272. The van der Waals surface area contributed by atoms with E-state index < -0.39 is 5.60 Å². The molecule has 206 valence electrons. The number of aromatic nitrogens is 1. The van der Waals surface area contributed by atoms with Gasteiger partial charge in [-0.15, -0.1) is 0 Å². The highest BCUT2D eigenvalue weighted by molar-refractivity contribution is 5.94. The number of hydrogen-bond acceptors (Lipinski definition) is 5. The first-order valence-electron chi connectivity index (χ1n) is 14.0. The summed E-state index contributed by atoms with van der Waals surface area (Å²) in [6, 6.07) is 23.3. The van der Waals surface area contributed by atoms with Crippen molar-refractivity contribution in [2.75, 3.05) is 19.7 Å². The summed E-state index contributed by atoms with van der Waals surface area (Å²) in [4.78, 5) is 30.8. The van der Waals surface area contributed by atoms with Gasteiger partial charge >= 0.3 is 0 Å². The molecule has 2 aliphatic rings. The highest BCUT2D eigenvalue weighted by Crippen LogP contribution is 2.42. The maximum atomic E-state index is 12.8. The Balaban J connectivity index is 1.22. The van der Waals surface area contributed by atoms with Crippen LogP contribution >= 0.6 is 0 Å². The third-order valence-electron chi connectivity index (χ3n) is 8.25. The second-order valence-electron chi connectivity index (χ2n) is 11.5. The summed E-state index contributed by atoms with van der Waals surface area (Å²) in [5.41, 5.74) is 1.04. The Morgan fingerprint density at radius 1 is 1.00 bits per heavy atom. The van der Waals surface area contributed by atoms with E-state index in [1.165, 1.54) is 0 Å². The maximum Gasteiger partial charge on any atom is 0.261 e. The number of hydrogen-bond donors (Lipinski definition) is 3. The number of piperidine rings is 1. The van der Waals surface area contributed by atoms with Crippen LogP contribution in [0.4, 0.5) is 0 Å². The van der Waals surface area contributed by atoms with E-state index in [9.17, 15) is 14.7 Å². The summed E-state index contributed by atoms with van der Waals surface area (Å²) in [7, 11) is 0. The lowest BCUT2D eigenvalue weighted by Crippen LogP contribution is -2.46. The largest absolute Gasteiger partial charge is 0.380 e. The van der Waals surface area contributed by atoms with E-state index in [1.54, 1.807) is 6.07 Å². The van der Waals surface area contributed by atoms with Gasteiger partial charge in [0.1, 0.15) is 11.2 Å². The number of H-pyrrole nitrogens is 1. The number of aromatic amines is 1. The molecule has 7 nitrogen and oxygen atoms in total. The molecular weight excluding hydrogens is 490 g/mol. The molecule has 0 radical (unpaired) electrons. The smallest absolute Gasteiger partial charge is 0.261 e. The topological polar surface area (TPSA) is 94.7 Å². The van der Waals surface area contributed by atoms with Gasteiger partial charge in [0.05, 0.1) is 5.60 Å². The Morgan fingerprint density at radius 2 is 1.62 bits per heavy atom. The first-order chi connectivity index (χ1) is 18.7. The second kappa shape index (κ2) is 11.5. The van der Waals surface area contributed by atoms with Crippen molar-refractivity contribution in [2.24, 2.45) is 5.92 Å². The van der Waals surface area contributed by atoms with Crippen LogP contribution in [0.2, 0.25) is 0 Å². The van der Waals surface area contributed by atoms with Gasteiger partial charge in [-0.05, 0) is 81.8 Å². The SMILES string of the molecule is CC1(C)C[C@@H](NC(=O)c2ccc(CN3CCC(C(O)(c4ccccc4)c4ccccc4)CC3)[nH]c2=O)CCO1. The number of benzene rings is 2. The van der Waals surface area contributed by atoms with Gasteiger partial charge in [-0.1, -0.05) is 60.7 Å². The fraction of sp³-hybridized carbons (Fsp3) is 0.438. The molecule has 0 bridgehead atoms. The molecule has 1 atom stereocenters. The molecule has 3 N–H and O–H groups in total. The Bertz CT molecular complexity index is 1270. The van der Waals surface area contributed by atoms with E-state index in [4.69, 9.17) is 4.74 Å². The molecule has 2 aromatic carbocycles. The highest BCUT2D eigenvalue weighted by atomic mass is 16.5. The number of nitrogens with one attached hydrogen (secondary N) is 2. The standard InChI is InChI=1S/C32H39N3O4/c1-31(2)21-26(17-20-39-31)33-29(36)28-14-13-27(34-30(28)37)22-35-18-15-25(16-19-35)32(38,23-9-5-3-6-10-23)24-11-7-4-8-12-24/h3-14,25-26,38H,15-22H2,1-2H3,(H,33,36)(H,34,37)/t26-/m0/s1. The van der Waals surface area contributed by atoms with Crippen LogP contribution in [0.3, 0.4) is 0 Å². The van der Waals surface area contributed by atoms with Crippen molar-refractivity contribution in [3.8, 4) is 0 Å². The van der Waals surface area contributed by atoms with Crippen molar-refractivity contribution in [3.05, 3.63) is 106 Å². The van der Waals surface area contributed by atoms with Gasteiger partial charge in [0.25, 0.3) is 11.5 Å². The Kier molecular flexibility index (Phi) is 8.03. The molecule has 2 aliphatic heterocycles. The summed E-state index contributed by atoms with van der Waals surface area (Å²) in [5, 5.41) is 15.1. The molecule has 0 aliphatic carbocycles. The monoisotopic (exact) mass is 529 g/mol. The summed E-state index contributed by atoms with van der Waals surface area (Å²) in [6.07, 6.45) is 3.11. The normalized spacial score (nSPS) is 20.4. The van der Waals surface area contributed by atoms with Crippen LogP contribution in [-0.4, -0.2) is 52.2 Å². The van der Waals surface area contributed by atoms with Gasteiger partial charge in [0.2, 0.25) is 0 Å². The molecule has 0 saturated carbocycles. The van der Waals surface area contributed by atoms with Crippen LogP contribution in [0.25, 0.3) is 0 Å². The molecule has 39 heavy (non-hydrogen) atoms. The van der Waals surface area contributed by atoms with Crippen molar-refractivity contribution in [1.29, 1.82) is 0 Å². The predicted molar refractivity (Wildman–Crippen MR) is 151 cm³/mol. The average Bonchev–Trinajstić information content (AvgIpc) is 2.93. The number of likely N-dealkylation sites (tertiary alicyclic amines) is 1. The van der Waals surface area contributed by atoms with Crippen LogP contribution in [0.15, 0.2) is 77.6 Å². The van der Waals surface area contributed by atoms with E-state index in [2.05, 4.69) is 15.2 Å². The van der Waals surface area contributed by atoms with E-state index >= 15 is 0 Å². The third kappa shape index (κ3) is 6.16. The number of ether oxygens (including phenoxy) is 1. The van der Waals surface area contributed by atoms with Crippen molar-refractivity contribution in [3.63, 3.8) is 0 Å². The van der Waals surface area contributed by atoms with E-state index in [0.717, 1.165) is 49.2 Å². The lowest BCUT2D eigenvalue weighted by Gasteiger charge is -2.42. The Labute approximate surface area is 230 Å². The zero-order valence-electron chi connectivity index (χ0n) is 22.9. The third-order valence-corrected chi connectivity index (χ3v) is 8.25. The molecule has 3 heterocycles. The molecule has 3 aromatic rings. The minimum atomic E-state index is -1.06. The van der Waals surface area contributed by atoms with Crippen LogP contribution in [0.5, 0.6) is 0 Å². The van der Waals surface area contributed by atoms with Crippen molar-refractivity contribution in [2.45, 2.75) is 63.3 Å². The lowest BCUT2D eigenvalue weighted by atomic mass is 9.72. The number of aliphatic hydroxyl groups is 1. The van der Waals surface area contributed by atoms with Crippen molar-refractivity contribution < 1.29 is 14.6 Å². The van der Waals surface area contributed by atoms with Gasteiger partial charge in [0, 0.05) is 24.9 Å². The second-order valence-corrected chi connectivity index (χ2v) is 11.5.